The molecule has 5 rings (SSSR count). The number of aryl methyl sites for hydroxylation is 2. The van der Waals surface area contributed by atoms with Crippen molar-refractivity contribution in [3.63, 3.8) is 0 Å². The van der Waals surface area contributed by atoms with Crippen molar-refractivity contribution >= 4 is 55.3 Å². The maximum atomic E-state index is 2.60. The van der Waals surface area contributed by atoms with Crippen LogP contribution in [0.25, 0.3) is 40.8 Å². The standard InChI is InChI=1S/C36H44Se/c1-3-5-7-9-11-13-19-27-25-33-35(31-23-17-15-21-29(27)31)36-32-24-18-16-22-30(32)28(26-34(36)37-33)20-14-12-10-8-6-4-2/h15-18,21-26H,3-14,19-20H2,1-2H3. The van der Waals surface area contributed by atoms with Crippen molar-refractivity contribution in [3.05, 3.63) is 71.8 Å². The van der Waals surface area contributed by atoms with Crippen molar-refractivity contribution in [1.29, 1.82) is 0 Å². The van der Waals surface area contributed by atoms with Crippen molar-refractivity contribution in [2.45, 2.75) is 104 Å². The first-order valence-electron chi connectivity index (χ1n) is 15.1. The van der Waals surface area contributed by atoms with Crippen LogP contribution < -0.4 is 0 Å². The summed E-state index contributed by atoms with van der Waals surface area (Å²) in [6.07, 6.45) is 18.8. The van der Waals surface area contributed by atoms with Gasteiger partial charge in [0, 0.05) is 0 Å². The first-order chi connectivity index (χ1) is 18.3. The second-order valence-corrected chi connectivity index (χ2v) is 13.3. The Morgan fingerprint density at radius 1 is 0.459 bits per heavy atom. The fourth-order valence-electron chi connectivity index (χ4n) is 6.24. The molecule has 0 saturated heterocycles. The molecule has 0 spiro atoms. The molecule has 5 aromatic rings. The third kappa shape index (κ3) is 6.00. The Hall–Kier alpha value is -2.08. The number of hydrogen-bond acceptors (Lipinski definition) is 0. The third-order valence-corrected chi connectivity index (χ3v) is 10.5. The van der Waals surface area contributed by atoms with Gasteiger partial charge in [0.05, 0.1) is 0 Å². The van der Waals surface area contributed by atoms with Gasteiger partial charge < -0.3 is 0 Å². The molecule has 0 aliphatic carbocycles. The molecule has 1 heterocycles. The van der Waals surface area contributed by atoms with Gasteiger partial charge in [-0.1, -0.05) is 0 Å². The van der Waals surface area contributed by atoms with Gasteiger partial charge in [-0.15, -0.1) is 0 Å². The summed E-state index contributed by atoms with van der Waals surface area (Å²) in [6.45, 7) is 4.61. The zero-order chi connectivity index (χ0) is 25.5. The topological polar surface area (TPSA) is 0 Å². The number of fused-ring (bicyclic) bond motifs is 7. The molecule has 0 nitrogen and oxygen atoms in total. The summed E-state index contributed by atoms with van der Waals surface area (Å²) in [4.78, 5) is 0. The van der Waals surface area contributed by atoms with E-state index in [1.54, 1.807) is 30.4 Å². The second kappa shape index (κ2) is 13.1. The van der Waals surface area contributed by atoms with Gasteiger partial charge in [-0.2, -0.15) is 0 Å². The molecule has 194 valence electrons. The summed E-state index contributed by atoms with van der Waals surface area (Å²) in [5.74, 6) is 0. The van der Waals surface area contributed by atoms with Gasteiger partial charge in [0.25, 0.3) is 0 Å². The normalized spacial score (nSPS) is 11.9. The van der Waals surface area contributed by atoms with E-state index in [0.717, 1.165) is 0 Å². The summed E-state index contributed by atoms with van der Waals surface area (Å²) < 4.78 is 3.23. The summed E-state index contributed by atoms with van der Waals surface area (Å²) in [7, 11) is 0. The SMILES string of the molecule is CCCCCCCCc1cc2[se]c3cc(CCCCCCCC)c4ccccc4c3c2c2ccccc12. The molecule has 4 aromatic carbocycles. The van der Waals surface area contributed by atoms with Gasteiger partial charge in [0.1, 0.15) is 0 Å². The Labute approximate surface area is 230 Å². The van der Waals surface area contributed by atoms with Crippen LogP contribution in [0.5, 0.6) is 0 Å². The van der Waals surface area contributed by atoms with Crippen LogP contribution in [0.3, 0.4) is 0 Å². The molecule has 0 aliphatic rings. The zero-order valence-electron chi connectivity index (χ0n) is 23.1. The predicted molar refractivity (Wildman–Crippen MR) is 168 cm³/mol. The molecule has 0 bridgehead atoms. The molecule has 0 amide bonds. The van der Waals surface area contributed by atoms with E-state index in [1.165, 1.54) is 111 Å². The van der Waals surface area contributed by atoms with Crippen LogP contribution in [0.1, 0.15) is 102 Å². The second-order valence-electron chi connectivity index (χ2n) is 11.0. The van der Waals surface area contributed by atoms with E-state index in [2.05, 4.69) is 74.5 Å². The van der Waals surface area contributed by atoms with Crippen LogP contribution in [0.4, 0.5) is 0 Å². The Kier molecular flexibility index (Phi) is 9.41. The van der Waals surface area contributed by atoms with Crippen LogP contribution in [0, 0.1) is 0 Å². The molecule has 1 aromatic heterocycles. The molecule has 0 fully saturated rings. The monoisotopic (exact) mass is 556 g/mol. The number of hydrogen-bond donors (Lipinski definition) is 0. The van der Waals surface area contributed by atoms with Crippen LogP contribution in [-0.2, 0) is 12.8 Å². The van der Waals surface area contributed by atoms with E-state index in [-0.39, 0.29) is 0 Å². The van der Waals surface area contributed by atoms with Crippen LogP contribution in [0.2, 0.25) is 0 Å². The number of unbranched alkanes of at least 4 members (excludes halogenated alkanes) is 10. The minimum atomic E-state index is 0.393. The zero-order valence-corrected chi connectivity index (χ0v) is 24.8. The first kappa shape index (κ1) is 26.5. The van der Waals surface area contributed by atoms with Crippen LogP contribution in [0.15, 0.2) is 60.7 Å². The van der Waals surface area contributed by atoms with Crippen LogP contribution in [-0.4, -0.2) is 14.5 Å². The number of rotatable bonds is 14. The fourth-order valence-corrected chi connectivity index (χ4v) is 8.90. The Bertz CT molecular complexity index is 1340. The summed E-state index contributed by atoms with van der Waals surface area (Å²) >= 11 is 0.393. The molecule has 0 saturated carbocycles. The fraction of sp³-hybridized carbons (Fsp3) is 0.444. The van der Waals surface area contributed by atoms with E-state index in [4.69, 9.17) is 0 Å². The average molecular weight is 556 g/mol. The van der Waals surface area contributed by atoms with Gasteiger partial charge in [0.2, 0.25) is 0 Å². The first-order valence-corrected chi connectivity index (χ1v) is 16.8. The molecule has 0 unspecified atom stereocenters. The summed E-state index contributed by atoms with van der Waals surface area (Å²) in [5, 5.41) is 9.02. The molecule has 1 heteroatoms. The van der Waals surface area contributed by atoms with Crippen molar-refractivity contribution < 1.29 is 0 Å². The van der Waals surface area contributed by atoms with Gasteiger partial charge >= 0.3 is 231 Å². The molecule has 0 aliphatic heterocycles. The van der Waals surface area contributed by atoms with Gasteiger partial charge in [-0.25, -0.2) is 0 Å². The van der Waals surface area contributed by atoms with Crippen molar-refractivity contribution in [2.24, 2.45) is 0 Å². The molecule has 37 heavy (non-hydrogen) atoms. The van der Waals surface area contributed by atoms with E-state index in [1.807, 2.05) is 0 Å². The van der Waals surface area contributed by atoms with Gasteiger partial charge in [-0.05, 0) is 0 Å². The van der Waals surface area contributed by atoms with E-state index >= 15 is 0 Å². The maximum absolute atomic E-state index is 2.60. The average Bonchev–Trinajstić information content (AvgIpc) is 3.31. The van der Waals surface area contributed by atoms with Gasteiger partial charge in [-0.3, -0.25) is 0 Å². The molecule has 0 radical (unpaired) electrons. The Morgan fingerprint density at radius 3 is 1.27 bits per heavy atom. The van der Waals surface area contributed by atoms with E-state index in [9.17, 15) is 0 Å². The molecule has 0 N–H and O–H groups in total. The summed E-state index contributed by atoms with van der Waals surface area (Å²) in [6, 6.07) is 23.7. The third-order valence-electron chi connectivity index (χ3n) is 8.26. The quantitative estimate of drug-likeness (QED) is 0.0944. The van der Waals surface area contributed by atoms with Crippen molar-refractivity contribution in [3.8, 4) is 0 Å². The van der Waals surface area contributed by atoms with Gasteiger partial charge in [0.15, 0.2) is 0 Å². The molecular weight excluding hydrogens is 511 g/mol. The Balaban J connectivity index is 1.51. The van der Waals surface area contributed by atoms with E-state index in [0.29, 0.717) is 14.5 Å². The molecular formula is C36H44Se. The number of benzene rings is 4. The molecule has 0 atom stereocenters. The van der Waals surface area contributed by atoms with Crippen LogP contribution >= 0.6 is 0 Å². The Morgan fingerprint density at radius 2 is 0.838 bits per heavy atom. The summed E-state index contributed by atoms with van der Waals surface area (Å²) in [5.41, 5.74) is 3.16. The van der Waals surface area contributed by atoms with E-state index < -0.39 is 0 Å². The van der Waals surface area contributed by atoms with Crippen molar-refractivity contribution in [1.82, 2.24) is 0 Å². The predicted octanol–water partition coefficient (Wildman–Crippen LogP) is 11.2. The van der Waals surface area contributed by atoms with Crippen molar-refractivity contribution in [2.75, 3.05) is 0 Å². The minimum absolute atomic E-state index is 0.393.